The number of hydrogen-bond acceptors (Lipinski definition) is 4. The number of nitrogens with zero attached hydrogens (tertiary/aromatic N) is 2. The van der Waals surface area contributed by atoms with E-state index in [2.05, 4.69) is 83.1 Å². The van der Waals surface area contributed by atoms with Crippen molar-refractivity contribution in [2.24, 2.45) is 0 Å². The highest BCUT2D eigenvalue weighted by atomic mass is 32.2. The Morgan fingerprint density at radius 2 is 2.11 bits per heavy atom. The number of aromatic amines is 1. The molecule has 5 heteroatoms. The second kappa shape index (κ2) is 9.93. The topological polar surface area (TPSA) is 44.0 Å². The lowest BCUT2D eigenvalue weighted by Gasteiger charge is -2.15. The fraction of sp³-hybridized carbons (Fsp3) is 0.409. The third-order valence-electron chi connectivity index (χ3n) is 4.74. The van der Waals surface area contributed by atoms with E-state index in [-0.39, 0.29) is 0 Å². The van der Waals surface area contributed by atoms with Gasteiger partial charge in [-0.1, -0.05) is 49.5 Å². The van der Waals surface area contributed by atoms with Gasteiger partial charge >= 0.3 is 0 Å². The normalized spacial score (nSPS) is 20.1. The fourth-order valence-corrected chi connectivity index (χ4v) is 3.97. The first-order valence-electron chi connectivity index (χ1n) is 9.75. The van der Waals surface area contributed by atoms with Crippen molar-refractivity contribution in [1.29, 1.82) is 0 Å². The van der Waals surface area contributed by atoms with Crippen LogP contribution in [0.2, 0.25) is 0 Å². The van der Waals surface area contributed by atoms with Crippen LogP contribution in [0.25, 0.3) is 11.1 Å². The highest BCUT2D eigenvalue weighted by molar-refractivity contribution is 8.01. The molecule has 0 spiro atoms. The van der Waals surface area contributed by atoms with Crippen LogP contribution < -0.4 is 4.72 Å². The number of likely N-dealkylation sites (N-methyl/N-ethyl adjacent to an activating group) is 1. The summed E-state index contributed by atoms with van der Waals surface area (Å²) in [5.41, 5.74) is 3.52. The summed E-state index contributed by atoms with van der Waals surface area (Å²) in [6, 6.07) is 0.327. The van der Waals surface area contributed by atoms with Crippen molar-refractivity contribution in [3.63, 3.8) is 0 Å². The Hall–Kier alpha value is -1.82. The standard InChI is InChI=1S/C22H30N4S/c1-4-15-24-27-20-10-6-8-18(12-14-20)22-23-16-21(25-22)17-7-5-9-19(13-11-17)26(2)3/h5,7,9,11-14,16,19,24H,4,6,8,10,15H2,1-3H3,(H,23,25). The molecule has 144 valence electrons. The molecule has 1 unspecified atom stereocenters. The predicted octanol–water partition coefficient (Wildman–Crippen LogP) is 4.95. The van der Waals surface area contributed by atoms with E-state index < -0.39 is 0 Å². The Bertz CT molecular complexity index is 780. The molecule has 0 aliphatic heterocycles. The van der Waals surface area contributed by atoms with Crippen molar-refractivity contribution in [1.82, 2.24) is 19.6 Å². The Labute approximate surface area is 167 Å². The quantitative estimate of drug-likeness (QED) is 0.517. The zero-order valence-corrected chi connectivity index (χ0v) is 17.4. The van der Waals surface area contributed by atoms with Gasteiger partial charge in [-0.2, -0.15) is 0 Å². The molecule has 0 radical (unpaired) electrons. The van der Waals surface area contributed by atoms with E-state index in [0.29, 0.717) is 6.04 Å². The molecule has 0 fully saturated rings. The largest absolute Gasteiger partial charge is 0.338 e. The second-order valence-corrected chi connectivity index (χ2v) is 8.16. The molecule has 0 bridgehead atoms. The van der Waals surface area contributed by atoms with E-state index in [9.17, 15) is 0 Å². The van der Waals surface area contributed by atoms with Gasteiger partial charge in [-0.3, -0.25) is 9.62 Å². The maximum atomic E-state index is 4.66. The molecule has 2 N–H and O–H groups in total. The minimum atomic E-state index is 0.327. The van der Waals surface area contributed by atoms with E-state index in [1.165, 1.54) is 16.1 Å². The van der Waals surface area contributed by atoms with Crippen molar-refractivity contribution in [3.8, 4) is 0 Å². The highest BCUT2D eigenvalue weighted by Gasteiger charge is 2.12. The first-order chi connectivity index (χ1) is 13.2. The molecular formula is C22H30N4S. The van der Waals surface area contributed by atoms with E-state index in [1.807, 2.05) is 6.20 Å². The van der Waals surface area contributed by atoms with E-state index in [0.717, 1.165) is 43.7 Å². The number of imidazole rings is 1. The summed E-state index contributed by atoms with van der Waals surface area (Å²) >= 11 is 1.77. The molecule has 0 saturated carbocycles. The van der Waals surface area contributed by atoms with Gasteiger partial charge in [0.2, 0.25) is 0 Å². The molecule has 1 aromatic rings. The minimum Gasteiger partial charge on any atom is -0.338 e. The van der Waals surface area contributed by atoms with Crippen molar-refractivity contribution in [2.75, 3.05) is 20.6 Å². The molecule has 0 saturated heterocycles. The third-order valence-corrected chi connectivity index (χ3v) is 5.69. The Morgan fingerprint density at radius 3 is 2.93 bits per heavy atom. The maximum Gasteiger partial charge on any atom is 0.133 e. The first kappa shape index (κ1) is 19.9. The number of H-pyrrole nitrogens is 1. The number of nitrogens with one attached hydrogen (secondary N) is 2. The van der Waals surface area contributed by atoms with Crippen LogP contribution in [-0.4, -0.2) is 41.5 Å². The van der Waals surface area contributed by atoms with Crippen LogP contribution in [0.4, 0.5) is 0 Å². The molecule has 0 amide bonds. The molecule has 2 aliphatic carbocycles. The maximum absolute atomic E-state index is 4.66. The van der Waals surface area contributed by atoms with Gasteiger partial charge in [0.1, 0.15) is 5.82 Å². The number of allylic oxidation sites excluding steroid dienone is 8. The number of aromatic nitrogens is 2. The summed E-state index contributed by atoms with van der Waals surface area (Å²) in [7, 11) is 4.18. The highest BCUT2D eigenvalue weighted by Crippen LogP contribution is 2.29. The lowest BCUT2D eigenvalue weighted by Crippen LogP contribution is -2.23. The van der Waals surface area contributed by atoms with Crippen molar-refractivity contribution in [3.05, 3.63) is 65.2 Å². The van der Waals surface area contributed by atoms with Crippen molar-refractivity contribution < 1.29 is 0 Å². The van der Waals surface area contributed by atoms with Crippen molar-refractivity contribution >= 4 is 23.1 Å². The number of rotatable bonds is 7. The lowest BCUT2D eigenvalue weighted by atomic mass is 10.1. The van der Waals surface area contributed by atoms with Crippen LogP contribution in [-0.2, 0) is 0 Å². The zero-order chi connectivity index (χ0) is 19.1. The van der Waals surface area contributed by atoms with Gasteiger partial charge in [0.15, 0.2) is 0 Å². The van der Waals surface area contributed by atoms with Gasteiger partial charge in [0.05, 0.1) is 11.9 Å². The van der Waals surface area contributed by atoms with Gasteiger partial charge in [-0.25, -0.2) is 4.98 Å². The summed E-state index contributed by atoms with van der Waals surface area (Å²) < 4.78 is 3.42. The molecular weight excluding hydrogens is 352 g/mol. The summed E-state index contributed by atoms with van der Waals surface area (Å²) in [5, 5.41) is 0. The smallest absolute Gasteiger partial charge is 0.133 e. The first-order valence-corrected chi connectivity index (χ1v) is 10.6. The van der Waals surface area contributed by atoms with E-state index >= 15 is 0 Å². The zero-order valence-electron chi connectivity index (χ0n) is 16.5. The van der Waals surface area contributed by atoms with Crippen molar-refractivity contribution in [2.45, 2.75) is 38.6 Å². The SMILES string of the molecule is CCCNSC1=CC=C(c2ncc(C3=CC=CC(N(C)C)C=C3)[nH]2)CCC1. The monoisotopic (exact) mass is 382 g/mol. The van der Waals surface area contributed by atoms with Crippen LogP contribution in [0.5, 0.6) is 0 Å². The van der Waals surface area contributed by atoms with Gasteiger partial charge in [0.25, 0.3) is 0 Å². The Kier molecular flexibility index (Phi) is 7.33. The summed E-state index contributed by atoms with van der Waals surface area (Å²) in [4.78, 5) is 11.8. The Morgan fingerprint density at radius 1 is 1.22 bits per heavy atom. The second-order valence-electron chi connectivity index (χ2n) is 7.14. The molecule has 4 nitrogen and oxygen atoms in total. The minimum absolute atomic E-state index is 0.327. The van der Waals surface area contributed by atoms with E-state index in [4.69, 9.17) is 0 Å². The molecule has 1 atom stereocenters. The summed E-state index contributed by atoms with van der Waals surface area (Å²) in [6.07, 6.45) is 21.8. The Balaban J connectivity index is 1.71. The fourth-order valence-electron chi connectivity index (χ4n) is 3.09. The third kappa shape index (κ3) is 5.58. The van der Waals surface area contributed by atoms with Gasteiger partial charge in [-0.05, 0) is 62.9 Å². The molecule has 0 aromatic carbocycles. The van der Waals surface area contributed by atoms with Crippen LogP contribution in [0, 0.1) is 0 Å². The van der Waals surface area contributed by atoms with Gasteiger partial charge < -0.3 is 4.98 Å². The number of hydrogen-bond donors (Lipinski definition) is 2. The van der Waals surface area contributed by atoms with E-state index in [1.54, 1.807) is 11.9 Å². The molecule has 1 aromatic heterocycles. The predicted molar refractivity (Wildman–Crippen MR) is 118 cm³/mol. The molecule has 1 heterocycles. The van der Waals surface area contributed by atoms with Crippen LogP contribution in [0.1, 0.15) is 44.1 Å². The van der Waals surface area contributed by atoms with Gasteiger partial charge in [0, 0.05) is 17.5 Å². The average molecular weight is 383 g/mol. The molecule has 2 aliphatic rings. The average Bonchev–Trinajstić information content (AvgIpc) is 2.87. The van der Waals surface area contributed by atoms with Crippen LogP contribution in [0.15, 0.2) is 53.6 Å². The van der Waals surface area contributed by atoms with Crippen LogP contribution in [0.3, 0.4) is 0 Å². The lowest BCUT2D eigenvalue weighted by molar-refractivity contribution is 0.392. The van der Waals surface area contributed by atoms with Gasteiger partial charge in [-0.15, -0.1) is 0 Å². The van der Waals surface area contributed by atoms with Crippen LogP contribution >= 0.6 is 11.9 Å². The molecule has 3 rings (SSSR count). The molecule has 27 heavy (non-hydrogen) atoms. The summed E-state index contributed by atoms with van der Waals surface area (Å²) in [6.45, 7) is 3.24. The summed E-state index contributed by atoms with van der Waals surface area (Å²) in [5.74, 6) is 0.987.